The van der Waals surface area contributed by atoms with Crippen molar-refractivity contribution in [3.8, 4) is 0 Å². The van der Waals surface area contributed by atoms with E-state index < -0.39 is 42.0 Å². The van der Waals surface area contributed by atoms with Gasteiger partial charge < -0.3 is 25.8 Å². The zero-order chi connectivity index (χ0) is 28.9. The number of carboxylic acid groups (broad SMARTS) is 1. The number of hydrogen-bond donors (Lipinski definition) is 4. The highest BCUT2D eigenvalue weighted by atomic mass is 16.5. The van der Waals surface area contributed by atoms with E-state index in [1.807, 2.05) is 91.0 Å². The highest BCUT2D eigenvalue weighted by Gasteiger charge is 2.31. The van der Waals surface area contributed by atoms with Crippen LogP contribution in [0.1, 0.15) is 30.5 Å². The molecule has 0 spiro atoms. The lowest BCUT2D eigenvalue weighted by molar-refractivity contribution is -0.143. The number of carboxylic acids is 1. The Morgan fingerprint density at radius 1 is 0.650 bits per heavy atom. The van der Waals surface area contributed by atoms with Gasteiger partial charge in [-0.3, -0.25) is 9.59 Å². The van der Waals surface area contributed by atoms with Gasteiger partial charge in [0.25, 0.3) is 0 Å². The lowest BCUT2D eigenvalue weighted by Crippen LogP contribution is -2.57. The summed E-state index contributed by atoms with van der Waals surface area (Å²) >= 11 is 0. The van der Waals surface area contributed by atoms with Crippen LogP contribution in [0.5, 0.6) is 0 Å². The molecule has 3 rings (SSSR count). The third-order valence-corrected chi connectivity index (χ3v) is 6.25. The van der Waals surface area contributed by atoms with Crippen molar-refractivity contribution < 1.29 is 29.0 Å². The van der Waals surface area contributed by atoms with Crippen molar-refractivity contribution in [3.63, 3.8) is 0 Å². The predicted octanol–water partition coefficient (Wildman–Crippen LogP) is 3.48. The first-order chi connectivity index (χ1) is 19.2. The van der Waals surface area contributed by atoms with Crippen molar-refractivity contribution in [2.24, 2.45) is 5.92 Å². The fourth-order valence-electron chi connectivity index (χ4n) is 4.06. The summed E-state index contributed by atoms with van der Waals surface area (Å²) in [5.41, 5.74) is 2.36. The Bertz CT molecular complexity index is 1250. The second kappa shape index (κ2) is 15.1. The Kier molecular flexibility index (Phi) is 11.3. The molecular formula is C31H35N3O6. The smallest absolute Gasteiger partial charge is 0.408 e. The van der Waals surface area contributed by atoms with Crippen molar-refractivity contribution in [1.82, 2.24) is 16.0 Å². The fourth-order valence-corrected chi connectivity index (χ4v) is 4.06. The van der Waals surface area contributed by atoms with Gasteiger partial charge in [-0.05, 0) is 22.6 Å². The van der Waals surface area contributed by atoms with Gasteiger partial charge >= 0.3 is 12.1 Å². The van der Waals surface area contributed by atoms with E-state index in [0.717, 1.165) is 16.7 Å². The first-order valence-corrected chi connectivity index (χ1v) is 13.1. The summed E-state index contributed by atoms with van der Waals surface area (Å²) in [6.07, 6.45) is -0.509. The molecule has 0 heterocycles. The molecule has 0 fully saturated rings. The largest absolute Gasteiger partial charge is 0.480 e. The molecule has 0 aliphatic heterocycles. The molecule has 0 aromatic heterocycles. The van der Waals surface area contributed by atoms with Gasteiger partial charge in [0.1, 0.15) is 24.7 Å². The Labute approximate surface area is 233 Å². The van der Waals surface area contributed by atoms with Crippen molar-refractivity contribution in [1.29, 1.82) is 0 Å². The third-order valence-electron chi connectivity index (χ3n) is 6.25. The topological polar surface area (TPSA) is 134 Å². The molecule has 4 N–H and O–H groups in total. The van der Waals surface area contributed by atoms with Crippen LogP contribution in [0.4, 0.5) is 4.79 Å². The summed E-state index contributed by atoms with van der Waals surface area (Å²) in [7, 11) is 0. The molecule has 9 nitrogen and oxygen atoms in total. The molecule has 40 heavy (non-hydrogen) atoms. The van der Waals surface area contributed by atoms with E-state index in [2.05, 4.69) is 16.0 Å². The normalized spacial score (nSPS) is 13.0. The van der Waals surface area contributed by atoms with Gasteiger partial charge in [0, 0.05) is 12.8 Å². The zero-order valence-corrected chi connectivity index (χ0v) is 22.6. The van der Waals surface area contributed by atoms with Crippen molar-refractivity contribution >= 4 is 23.9 Å². The molecule has 3 aromatic rings. The van der Waals surface area contributed by atoms with Gasteiger partial charge in [-0.15, -0.1) is 0 Å². The monoisotopic (exact) mass is 545 g/mol. The number of ether oxygens (including phenoxy) is 1. The zero-order valence-electron chi connectivity index (χ0n) is 22.6. The van der Waals surface area contributed by atoms with Crippen LogP contribution in [0.2, 0.25) is 0 Å². The second-order valence-corrected chi connectivity index (χ2v) is 9.77. The van der Waals surface area contributed by atoms with Crippen molar-refractivity contribution in [2.45, 2.75) is 51.4 Å². The minimum Gasteiger partial charge on any atom is -0.480 e. The second-order valence-electron chi connectivity index (χ2n) is 9.77. The van der Waals surface area contributed by atoms with Gasteiger partial charge in [0.05, 0.1) is 0 Å². The molecule has 3 atom stereocenters. The lowest BCUT2D eigenvalue weighted by atomic mass is 10.0. The molecule has 3 aromatic carbocycles. The molecule has 0 radical (unpaired) electrons. The van der Waals surface area contributed by atoms with Gasteiger partial charge in [-0.2, -0.15) is 0 Å². The Morgan fingerprint density at radius 2 is 1.07 bits per heavy atom. The van der Waals surface area contributed by atoms with Crippen LogP contribution in [0.25, 0.3) is 0 Å². The standard InChI is InChI=1S/C31H35N3O6/c1-21(2)27(30(37)38)34-29(36)25(18-22-12-6-3-7-13-22)32-28(35)26(19-23-14-8-4-9-15-23)33-31(39)40-20-24-16-10-5-11-17-24/h3-17,21,25-27H,18-20H2,1-2H3,(H,32,35)(H,33,39)(H,34,36)(H,37,38)/t25-,26-,27-/m0/s1. The van der Waals surface area contributed by atoms with Crippen LogP contribution in [-0.2, 0) is 38.6 Å². The number of carbonyl (C=O) groups is 4. The van der Waals surface area contributed by atoms with Crippen LogP contribution >= 0.6 is 0 Å². The van der Waals surface area contributed by atoms with Gasteiger partial charge in [-0.25, -0.2) is 9.59 Å². The van der Waals surface area contributed by atoms with Gasteiger partial charge in [-0.1, -0.05) is 105 Å². The molecule has 0 unspecified atom stereocenters. The van der Waals surface area contributed by atoms with E-state index in [-0.39, 0.29) is 25.4 Å². The predicted molar refractivity (Wildman–Crippen MR) is 150 cm³/mol. The number of aliphatic carboxylic acids is 1. The van der Waals surface area contributed by atoms with Crippen LogP contribution < -0.4 is 16.0 Å². The molecule has 9 heteroatoms. The van der Waals surface area contributed by atoms with Crippen LogP contribution in [0.3, 0.4) is 0 Å². The van der Waals surface area contributed by atoms with Crippen molar-refractivity contribution in [2.75, 3.05) is 0 Å². The van der Waals surface area contributed by atoms with Crippen LogP contribution in [-0.4, -0.2) is 47.1 Å². The minimum atomic E-state index is -1.17. The van der Waals surface area contributed by atoms with E-state index in [1.54, 1.807) is 13.8 Å². The molecule has 0 aliphatic carbocycles. The summed E-state index contributed by atoms with van der Waals surface area (Å²) < 4.78 is 5.33. The number of benzene rings is 3. The van der Waals surface area contributed by atoms with Crippen molar-refractivity contribution in [3.05, 3.63) is 108 Å². The van der Waals surface area contributed by atoms with E-state index in [9.17, 15) is 24.3 Å². The lowest BCUT2D eigenvalue weighted by Gasteiger charge is -2.25. The quantitative estimate of drug-likeness (QED) is 0.260. The SMILES string of the molecule is CC(C)[C@H](NC(=O)[C@H](Cc1ccccc1)NC(=O)[C@H](Cc1ccccc1)NC(=O)OCc1ccccc1)C(=O)O. The van der Waals surface area contributed by atoms with E-state index >= 15 is 0 Å². The molecule has 0 bridgehead atoms. The van der Waals surface area contributed by atoms with Gasteiger partial charge in [0.2, 0.25) is 11.8 Å². The number of carbonyl (C=O) groups excluding carboxylic acids is 3. The summed E-state index contributed by atoms with van der Waals surface area (Å²) in [5.74, 6) is -2.78. The number of alkyl carbamates (subject to hydrolysis) is 1. The van der Waals surface area contributed by atoms with Crippen LogP contribution in [0.15, 0.2) is 91.0 Å². The summed E-state index contributed by atoms with van der Waals surface area (Å²) in [6.45, 7) is 3.40. The molecule has 210 valence electrons. The number of amides is 3. The minimum absolute atomic E-state index is 0.0250. The maximum absolute atomic E-state index is 13.5. The molecule has 0 saturated carbocycles. The molecular weight excluding hydrogens is 510 g/mol. The highest BCUT2D eigenvalue weighted by Crippen LogP contribution is 2.09. The first-order valence-electron chi connectivity index (χ1n) is 13.1. The highest BCUT2D eigenvalue weighted by molar-refractivity contribution is 5.93. The summed E-state index contributed by atoms with van der Waals surface area (Å²) in [4.78, 5) is 51.2. The average Bonchev–Trinajstić information content (AvgIpc) is 2.95. The van der Waals surface area contributed by atoms with Gasteiger partial charge in [0.15, 0.2) is 0 Å². The van der Waals surface area contributed by atoms with E-state index in [0.29, 0.717) is 0 Å². The maximum Gasteiger partial charge on any atom is 0.408 e. The van der Waals surface area contributed by atoms with E-state index in [4.69, 9.17) is 4.74 Å². The number of nitrogens with one attached hydrogen (secondary N) is 3. The Balaban J connectivity index is 1.78. The Hall–Kier alpha value is -4.66. The molecule has 0 saturated heterocycles. The maximum atomic E-state index is 13.5. The third kappa shape index (κ3) is 9.58. The Morgan fingerprint density at radius 3 is 1.52 bits per heavy atom. The first kappa shape index (κ1) is 29.9. The average molecular weight is 546 g/mol. The number of rotatable bonds is 13. The number of hydrogen-bond acceptors (Lipinski definition) is 5. The summed E-state index contributed by atoms with van der Waals surface area (Å²) in [5, 5.41) is 17.5. The molecule has 3 amide bonds. The fraction of sp³-hybridized carbons (Fsp3) is 0.290. The molecule has 0 aliphatic rings. The summed E-state index contributed by atoms with van der Waals surface area (Å²) in [6, 6.07) is 24.1. The van der Waals surface area contributed by atoms with Crippen LogP contribution in [0, 0.1) is 5.92 Å². The van der Waals surface area contributed by atoms with E-state index in [1.165, 1.54) is 0 Å².